The van der Waals surface area contributed by atoms with Crippen molar-refractivity contribution in [3.8, 4) is 0 Å². The van der Waals surface area contributed by atoms with Crippen molar-refractivity contribution >= 4 is 5.69 Å². The molecule has 0 amide bonds. The number of halogens is 1. The van der Waals surface area contributed by atoms with Crippen LogP contribution in [-0.2, 0) is 6.42 Å². The van der Waals surface area contributed by atoms with Gasteiger partial charge in [-0.2, -0.15) is 0 Å². The summed E-state index contributed by atoms with van der Waals surface area (Å²) in [6.45, 7) is 2.59. The maximum atomic E-state index is 12.8. The molecule has 0 saturated heterocycles. The lowest BCUT2D eigenvalue weighted by Gasteiger charge is -2.13. The van der Waals surface area contributed by atoms with Crippen molar-refractivity contribution in [2.24, 2.45) is 0 Å². The summed E-state index contributed by atoms with van der Waals surface area (Å²) in [7, 11) is 0. The molecule has 2 rings (SSSR count). The molecule has 2 nitrogen and oxygen atoms in total. The standard InChI is InChI=1S/C18H22FNO/c1-2-3-4-14-5-11-17(12-6-14)20-13-18(21)15-7-9-16(19)10-8-15/h5-12,18,20-21H,2-4,13H2,1H3. The van der Waals surface area contributed by atoms with Crippen LogP contribution < -0.4 is 5.32 Å². The normalized spacial score (nSPS) is 12.1. The first-order valence-electron chi connectivity index (χ1n) is 7.45. The van der Waals surface area contributed by atoms with E-state index in [4.69, 9.17) is 0 Å². The van der Waals surface area contributed by atoms with E-state index in [0.717, 1.165) is 12.1 Å². The molecule has 3 heteroatoms. The van der Waals surface area contributed by atoms with Gasteiger partial charge in [-0.15, -0.1) is 0 Å². The van der Waals surface area contributed by atoms with Crippen molar-refractivity contribution < 1.29 is 9.50 Å². The molecule has 0 radical (unpaired) electrons. The third-order valence-electron chi connectivity index (χ3n) is 3.53. The molecule has 0 bridgehead atoms. The number of unbranched alkanes of at least 4 members (excludes halogenated alkanes) is 1. The number of aryl methyl sites for hydroxylation is 1. The quantitative estimate of drug-likeness (QED) is 0.795. The number of hydrogen-bond acceptors (Lipinski definition) is 2. The van der Waals surface area contributed by atoms with E-state index < -0.39 is 6.10 Å². The number of benzene rings is 2. The lowest BCUT2D eigenvalue weighted by molar-refractivity contribution is 0.191. The molecule has 0 fully saturated rings. The molecule has 0 spiro atoms. The molecule has 21 heavy (non-hydrogen) atoms. The predicted octanol–water partition coefficient (Wildman–Crippen LogP) is 4.31. The van der Waals surface area contributed by atoms with Gasteiger partial charge in [0, 0.05) is 12.2 Å². The topological polar surface area (TPSA) is 32.3 Å². The smallest absolute Gasteiger partial charge is 0.123 e. The molecule has 0 saturated carbocycles. The van der Waals surface area contributed by atoms with E-state index in [1.165, 1.54) is 30.5 Å². The highest BCUT2D eigenvalue weighted by atomic mass is 19.1. The van der Waals surface area contributed by atoms with Gasteiger partial charge in [0.05, 0.1) is 6.10 Å². The van der Waals surface area contributed by atoms with Gasteiger partial charge in [0.25, 0.3) is 0 Å². The van der Waals surface area contributed by atoms with Gasteiger partial charge < -0.3 is 10.4 Å². The number of aliphatic hydroxyl groups excluding tert-OH is 1. The zero-order chi connectivity index (χ0) is 15.1. The fourth-order valence-electron chi connectivity index (χ4n) is 2.19. The van der Waals surface area contributed by atoms with Gasteiger partial charge in [-0.3, -0.25) is 0 Å². The summed E-state index contributed by atoms with van der Waals surface area (Å²) < 4.78 is 12.8. The van der Waals surface area contributed by atoms with Crippen LogP contribution in [0.15, 0.2) is 48.5 Å². The van der Waals surface area contributed by atoms with Gasteiger partial charge in [0.15, 0.2) is 0 Å². The first kappa shape index (κ1) is 15.5. The predicted molar refractivity (Wildman–Crippen MR) is 84.9 cm³/mol. The van der Waals surface area contributed by atoms with Crippen LogP contribution in [0.5, 0.6) is 0 Å². The molecule has 0 aliphatic carbocycles. The fourth-order valence-corrected chi connectivity index (χ4v) is 2.19. The van der Waals surface area contributed by atoms with Gasteiger partial charge in [-0.05, 0) is 48.2 Å². The number of nitrogens with one attached hydrogen (secondary N) is 1. The number of anilines is 1. The largest absolute Gasteiger partial charge is 0.387 e. The van der Waals surface area contributed by atoms with Crippen LogP contribution in [0.1, 0.15) is 37.0 Å². The van der Waals surface area contributed by atoms with Crippen LogP contribution in [0.25, 0.3) is 0 Å². The Bertz CT molecular complexity index is 536. The van der Waals surface area contributed by atoms with Crippen molar-refractivity contribution in [1.29, 1.82) is 0 Å². The van der Waals surface area contributed by atoms with E-state index in [2.05, 4.69) is 24.4 Å². The molecule has 2 aromatic carbocycles. The maximum absolute atomic E-state index is 12.8. The Morgan fingerprint density at radius 3 is 2.33 bits per heavy atom. The second-order valence-corrected chi connectivity index (χ2v) is 5.25. The Labute approximate surface area is 125 Å². The SMILES string of the molecule is CCCCc1ccc(NCC(O)c2ccc(F)cc2)cc1. The number of hydrogen-bond donors (Lipinski definition) is 2. The molecule has 1 atom stereocenters. The number of aliphatic hydroxyl groups is 1. The Morgan fingerprint density at radius 1 is 1.05 bits per heavy atom. The van der Waals surface area contributed by atoms with Crippen LogP contribution in [-0.4, -0.2) is 11.7 Å². The molecule has 0 aromatic heterocycles. The Morgan fingerprint density at radius 2 is 1.71 bits per heavy atom. The van der Waals surface area contributed by atoms with Crippen LogP contribution in [0, 0.1) is 5.82 Å². The highest BCUT2D eigenvalue weighted by Crippen LogP contribution is 2.16. The maximum Gasteiger partial charge on any atom is 0.123 e. The molecular formula is C18H22FNO. The van der Waals surface area contributed by atoms with Gasteiger partial charge in [0.1, 0.15) is 5.82 Å². The van der Waals surface area contributed by atoms with E-state index in [1.54, 1.807) is 12.1 Å². The summed E-state index contributed by atoms with van der Waals surface area (Å²) in [6.07, 6.45) is 2.86. The molecular weight excluding hydrogens is 265 g/mol. The van der Waals surface area contributed by atoms with Crippen LogP contribution >= 0.6 is 0 Å². The Balaban J connectivity index is 1.86. The van der Waals surface area contributed by atoms with Crippen LogP contribution in [0.2, 0.25) is 0 Å². The molecule has 112 valence electrons. The Kier molecular flexibility index (Phi) is 5.76. The van der Waals surface area contributed by atoms with Gasteiger partial charge in [-0.1, -0.05) is 37.6 Å². The van der Waals surface area contributed by atoms with E-state index in [9.17, 15) is 9.50 Å². The van der Waals surface area contributed by atoms with E-state index >= 15 is 0 Å². The third-order valence-corrected chi connectivity index (χ3v) is 3.53. The van der Waals surface area contributed by atoms with E-state index in [-0.39, 0.29) is 5.82 Å². The molecule has 0 aliphatic rings. The molecule has 0 heterocycles. The summed E-state index contributed by atoms with van der Waals surface area (Å²) in [5.74, 6) is -0.290. The summed E-state index contributed by atoms with van der Waals surface area (Å²) >= 11 is 0. The minimum absolute atomic E-state index is 0.290. The minimum Gasteiger partial charge on any atom is -0.387 e. The monoisotopic (exact) mass is 287 g/mol. The summed E-state index contributed by atoms with van der Waals surface area (Å²) in [6, 6.07) is 14.2. The van der Waals surface area contributed by atoms with Gasteiger partial charge >= 0.3 is 0 Å². The fraction of sp³-hybridized carbons (Fsp3) is 0.333. The molecule has 2 aromatic rings. The van der Waals surface area contributed by atoms with E-state index in [0.29, 0.717) is 12.1 Å². The van der Waals surface area contributed by atoms with Gasteiger partial charge in [0.2, 0.25) is 0 Å². The van der Waals surface area contributed by atoms with Gasteiger partial charge in [-0.25, -0.2) is 4.39 Å². The zero-order valence-corrected chi connectivity index (χ0v) is 12.3. The average molecular weight is 287 g/mol. The molecule has 1 unspecified atom stereocenters. The van der Waals surface area contributed by atoms with Crippen molar-refractivity contribution in [3.63, 3.8) is 0 Å². The summed E-state index contributed by atoms with van der Waals surface area (Å²) in [5.41, 5.74) is 3.03. The zero-order valence-electron chi connectivity index (χ0n) is 12.3. The van der Waals surface area contributed by atoms with Crippen molar-refractivity contribution in [2.75, 3.05) is 11.9 Å². The van der Waals surface area contributed by atoms with Crippen LogP contribution in [0.3, 0.4) is 0 Å². The highest BCUT2D eigenvalue weighted by Gasteiger charge is 2.07. The Hall–Kier alpha value is -1.87. The lowest BCUT2D eigenvalue weighted by Crippen LogP contribution is -2.12. The van der Waals surface area contributed by atoms with Crippen molar-refractivity contribution in [1.82, 2.24) is 0 Å². The highest BCUT2D eigenvalue weighted by molar-refractivity contribution is 5.45. The summed E-state index contributed by atoms with van der Waals surface area (Å²) in [5, 5.41) is 13.3. The van der Waals surface area contributed by atoms with Crippen molar-refractivity contribution in [3.05, 3.63) is 65.5 Å². The lowest BCUT2D eigenvalue weighted by atomic mass is 10.1. The van der Waals surface area contributed by atoms with Crippen LogP contribution in [0.4, 0.5) is 10.1 Å². The first-order valence-corrected chi connectivity index (χ1v) is 7.45. The first-order chi connectivity index (χ1) is 10.2. The molecule has 2 N–H and O–H groups in total. The average Bonchev–Trinajstić information content (AvgIpc) is 2.52. The second-order valence-electron chi connectivity index (χ2n) is 5.25. The third kappa shape index (κ3) is 4.87. The second kappa shape index (κ2) is 7.79. The molecule has 0 aliphatic heterocycles. The van der Waals surface area contributed by atoms with Crippen molar-refractivity contribution in [2.45, 2.75) is 32.3 Å². The van der Waals surface area contributed by atoms with E-state index in [1.807, 2.05) is 12.1 Å². The number of rotatable bonds is 7. The minimum atomic E-state index is -0.648. The summed E-state index contributed by atoms with van der Waals surface area (Å²) in [4.78, 5) is 0.